The lowest BCUT2D eigenvalue weighted by Crippen LogP contribution is -2.10. The summed E-state index contributed by atoms with van der Waals surface area (Å²) in [6, 6.07) is 7.16. The molecule has 0 N–H and O–H groups in total. The van der Waals surface area contributed by atoms with E-state index in [0.717, 1.165) is 9.83 Å². The second-order valence-corrected chi connectivity index (χ2v) is 6.70. The first-order valence-corrected chi connectivity index (χ1v) is 7.49. The zero-order valence-corrected chi connectivity index (χ0v) is 11.2. The molecule has 0 aliphatic rings. The highest BCUT2D eigenvalue weighted by atomic mass is 127. The second-order valence-electron chi connectivity index (χ2n) is 3.28. The maximum Gasteiger partial charge on any atom is 0.164 e. The van der Waals surface area contributed by atoms with Crippen molar-refractivity contribution in [3.8, 4) is 0 Å². The summed E-state index contributed by atoms with van der Waals surface area (Å²) in [6.07, 6.45) is 1.19. The van der Waals surface area contributed by atoms with Crippen LogP contribution in [0.4, 0.5) is 0 Å². The van der Waals surface area contributed by atoms with Gasteiger partial charge in [0.1, 0.15) is 9.84 Å². The maximum atomic E-state index is 11.6. The van der Waals surface area contributed by atoms with Crippen molar-refractivity contribution < 1.29 is 13.2 Å². The fraction of sp³-hybridized carbons (Fsp3) is 0.300. The van der Waals surface area contributed by atoms with Crippen LogP contribution in [0.25, 0.3) is 0 Å². The minimum Gasteiger partial charge on any atom is -0.294 e. The number of hydrogen-bond acceptors (Lipinski definition) is 3. The number of ketones is 1. The smallest absolute Gasteiger partial charge is 0.164 e. The van der Waals surface area contributed by atoms with Crippen LogP contribution in [0.3, 0.4) is 0 Å². The zero-order valence-electron chi connectivity index (χ0n) is 8.23. The Morgan fingerprint density at radius 2 is 1.93 bits per heavy atom. The van der Waals surface area contributed by atoms with Crippen molar-refractivity contribution in [2.24, 2.45) is 0 Å². The largest absolute Gasteiger partial charge is 0.294 e. The summed E-state index contributed by atoms with van der Waals surface area (Å²) in [4.78, 5) is 11.6. The summed E-state index contributed by atoms with van der Waals surface area (Å²) in [7, 11) is -3.06. The number of carbonyl (C=O) groups is 1. The van der Waals surface area contributed by atoms with E-state index in [2.05, 4.69) is 22.6 Å². The molecular formula is C10H11IO3S. The Hall–Kier alpha value is -0.430. The second kappa shape index (κ2) is 5.07. The van der Waals surface area contributed by atoms with Gasteiger partial charge in [0.25, 0.3) is 0 Å². The molecule has 0 atom stereocenters. The highest BCUT2D eigenvalue weighted by Gasteiger charge is 2.12. The van der Waals surface area contributed by atoms with Crippen molar-refractivity contribution in [2.45, 2.75) is 6.42 Å². The fourth-order valence-electron chi connectivity index (χ4n) is 1.10. The molecule has 0 amide bonds. The first kappa shape index (κ1) is 12.6. The van der Waals surface area contributed by atoms with Crippen molar-refractivity contribution in [2.75, 3.05) is 12.0 Å². The molecule has 0 unspecified atom stereocenters. The van der Waals surface area contributed by atoms with E-state index < -0.39 is 9.84 Å². The minimum atomic E-state index is -3.06. The number of carbonyl (C=O) groups excluding carboxylic acids is 1. The molecule has 0 aliphatic heterocycles. The number of rotatable bonds is 4. The van der Waals surface area contributed by atoms with Crippen molar-refractivity contribution >= 4 is 38.2 Å². The summed E-state index contributed by atoms with van der Waals surface area (Å²) in [6.45, 7) is 0. The van der Waals surface area contributed by atoms with E-state index in [9.17, 15) is 13.2 Å². The molecule has 1 rings (SSSR count). The third kappa shape index (κ3) is 4.29. The van der Waals surface area contributed by atoms with Gasteiger partial charge in [0.05, 0.1) is 5.75 Å². The Bertz CT molecular complexity index is 465. The van der Waals surface area contributed by atoms with Crippen LogP contribution >= 0.6 is 22.6 Å². The van der Waals surface area contributed by atoms with Crippen LogP contribution in [0.5, 0.6) is 0 Å². The molecule has 5 heteroatoms. The van der Waals surface area contributed by atoms with Gasteiger partial charge in [-0.3, -0.25) is 4.79 Å². The molecule has 0 radical (unpaired) electrons. The predicted octanol–water partition coefficient (Wildman–Crippen LogP) is 1.91. The van der Waals surface area contributed by atoms with Gasteiger partial charge >= 0.3 is 0 Å². The van der Waals surface area contributed by atoms with E-state index in [-0.39, 0.29) is 18.0 Å². The van der Waals surface area contributed by atoms with Crippen LogP contribution in [-0.4, -0.2) is 26.2 Å². The van der Waals surface area contributed by atoms with Crippen LogP contribution in [0.1, 0.15) is 16.8 Å². The Morgan fingerprint density at radius 3 is 2.47 bits per heavy atom. The van der Waals surface area contributed by atoms with Gasteiger partial charge in [0.15, 0.2) is 5.78 Å². The van der Waals surface area contributed by atoms with Gasteiger partial charge < -0.3 is 0 Å². The average Bonchev–Trinajstić information content (AvgIpc) is 2.14. The highest BCUT2D eigenvalue weighted by Crippen LogP contribution is 2.13. The molecule has 0 saturated heterocycles. The number of sulfone groups is 1. The van der Waals surface area contributed by atoms with E-state index in [1.165, 1.54) is 0 Å². The number of halogens is 1. The molecule has 1 aromatic carbocycles. The minimum absolute atomic E-state index is 0.0544. The number of benzene rings is 1. The van der Waals surface area contributed by atoms with Gasteiger partial charge in [0, 0.05) is 21.8 Å². The average molecular weight is 338 g/mol. The summed E-state index contributed by atoms with van der Waals surface area (Å²) >= 11 is 2.07. The standard InChI is InChI=1S/C10H11IO3S/c1-15(13,14)7-6-10(12)8-4-2-3-5-9(8)11/h2-5H,6-7H2,1H3. The third-order valence-corrected chi connectivity index (χ3v) is 3.76. The SMILES string of the molecule is CS(=O)(=O)CCC(=O)c1ccccc1I. The normalized spacial score (nSPS) is 11.3. The number of hydrogen-bond donors (Lipinski definition) is 0. The van der Waals surface area contributed by atoms with E-state index in [4.69, 9.17) is 0 Å². The van der Waals surface area contributed by atoms with Gasteiger partial charge in [-0.2, -0.15) is 0 Å². The topological polar surface area (TPSA) is 51.2 Å². The monoisotopic (exact) mass is 338 g/mol. The molecular weight excluding hydrogens is 327 g/mol. The van der Waals surface area contributed by atoms with Gasteiger partial charge in [-0.05, 0) is 28.7 Å². The van der Waals surface area contributed by atoms with Crippen molar-refractivity contribution in [3.05, 3.63) is 33.4 Å². The summed E-state index contributed by atoms with van der Waals surface area (Å²) in [5, 5.41) is 0. The Labute approximate surface area is 103 Å². The van der Waals surface area contributed by atoms with Crippen molar-refractivity contribution in [3.63, 3.8) is 0 Å². The Balaban J connectivity index is 2.75. The summed E-state index contributed by atoms with van der Waals surface area (Å²) < 4.78 is 22.7. The van der Waals surface area contributed by atoms with Crippen LogP contribution < -0.4 is 0 Å². The molecule has 0 fully saturated rings. The highest BCUT2D eigenvalue weighted by molar-refractivity contribution is 14.1. The zero-order chi connectivity index (χ0) is 11.5. The van der Waals surface area contributed by atoms with Crippen LogP contribution in [0.2, 0.25) is 0 Å². The van der Waals surface area contributed by atoms with Crippen LogP contribution in [0, 0.1) is 3.57 Å². The molecule has 0 aliphatic carbocycles. The molecule has 82 valence electrons. The lowest BCUT2D eigenvalue weighted by Gasteiger charge is -2.02. The third-order valence-electron chi connectivity index (χ3n) is 1.87. The Kier molecular flexibility index (Phi) is 4.27. The molecule has 0 spiro atoms. The summed E-state index contributed by atoms with van der Waals surface area (Å²) in [5.41, 5.74) is 0.599. The molecule has 0 heterocycles. The quantitative estimate of drug-likeness (QED) is 0.623. The first-order valence-electron chi connectivity index (χ1n) is 4.35. The van der Waals surface area contributed by atoms with Gasteiger partial charge in [-0.25, -0.2) is 8.42 Å². The van der Waals surface area contributed by atoms with Crippen LogP contribution in [-0.2, 0) is 9.84 Å². The molecule has 0 aromatic heterocycles. The lowest BCUT2D eigenvalue weighted by molar-refractivity contribution is 0.0988. The molecule has 3 nitrogen and oxygen atoms in total. The van der Waals surface area contributed by atoms with E-state index in [1.54, 1.807) is 12.1 Å². The maximum absolute atomic E-state index is 11.6. The fourth-order valence-corrected chi connectivity index (χ4v) is 2.34. The molecule has 0 bridgehead atoms. The predicted molar refractivity (Wildman–Crippen MR) is 67.8 cm³/mol. The van der Waals surface area contributed by atoms with E-state index in [0.29, 0.717) is 5.56 Å². The van der Waals surface area contributed by atoms with Gasteiger partial charge in [-0.1, -0.05) is 18.2 Å². The molecule has 15 heavy (non-hydrogen) atoms. The van der Waals surface area contributed by atoms with Gasteiger partial charge in [0.2, 0.25) is 0 Å². The van der Waals surface area contributed by atoms with Crippen molar-refractivity contribution in [1.29, 1.82) is 0 Å². The molecule has 0 saturated carbocycles. The molecule has 1 aromatic rings. The van der Waals surface area contributed by atoms with E-state index >= 15 is 0 Å². The number of Topliss-reactive ketones (excluding diaryl/α,β-unsaturated/α-hetero) is 1. The Morgan fingerprint density at radius 1 is 1.33 bits per heavy atom. The first-order chi connectivity index (χ1) is 6.90. The lowest BCUT2D eigenvalue weighted by atomic mass is 10.1. The summed E-state index contributed by atoms with van der Waals surface area (Å²) in [5.74, 6) is -0.206. The van der Waals surface area contributed by atoms with Crippen LogP contribution in [0.15, 0.2) is 24.3 Å². The van der Waals surface area contributed by atoms with E-state index in [1.807, 2.05) is 12.1 Å². The van der Waals surface area contributed by atoms with Crippen molar-refractivity contribution in [1.82, 2.24) is 0 Å². The van der Waals surface area contributed by atoms with Gasteiger partial charge in [-0.15, -0.1) is 0 Å².